The van der Waals surface area contributed by atoms with Crippen LogP contribution in [0.5, 0.6) is 0 Å². The average Bonchev–Trinajstić information content (AvgIpc) is 2.31. The molecule has 0 amide bonds. The fourth-order valence-corrected chi connectivity index (χ4v) is 2.17. The highest BCUT2D eigenvalue weighted by atomic mass is 16.4. The Morgan fingerprint density at radius 3 is 1.89 bits per heavy atom. The van der Waals surface area contributed by atoms with Gasteiger partial charge in [0.2, 0.25) is 0 Å². The van der Waals surface area contributed by atoms with E-state index in [9.17, 15) is 9.59 Å². The van der Waals surface area contributed by atoms with Gasteiger partial charge in [-0.2, -0.15) is 0 Å². The Labute approximate surface area is 115 Å². The summed E-state index contributed by atoms with van der Waals surface area (Å²) < 4.78 is 0. The molecule has 0 aliphatic rings. The second-order valence-corrected chi connectivity index (χ2v) is 5.28. The van der Waals surface area contributed by atoms with Crippen molar-refractivity contribution in [3.05, 3.63) is 0 Å². The molecule has 5 heteroatoms. The molecular formula is C14H27NO4. The molecule has 0 rings (SSSR count). The number of nitrogens with zero attached hydrogens (tertiary/aromatic N) is 1. The zero-order valence-corrected chi connectivity index (χ0v) is 12.3. The standard InChI is InChI=1S/C14H27NO4/c1-4-5-8-11(13(16)17)9-6-7-10-12(14(18)19)15(2)3/h11-12H,4-10H2,1-3H3,(H,16,17)(H,18,19). The summed E-state index contributed by atoms with van der Waals surface area (Å²) in [6.07, 6.45) is 5.42. The maximum Gasteiger partial charge on any atom is 0.320 e. The van der Waals surface area contributed by atoms with Gasteiger partial charge in [-0.3, -0.25) is 14.5 Å². The lowest BCUT2D eigenvalue weighted by Gasteiger charge is -2.20. The smallest absolute Gasteiger partial charge is 0.320 e. The van der Waals surface area contributed by atoms with Gasteiger partial charge in [0.15, 0.2) is 0 Å². The number of hydrogen-bond donors (Lipinski definition) is 2. The third kappa shape index (κ3) is 7.82. The molecule has 0 heterocycles. The van der Waals surface area contributed by atoms with E-state index in [1.54, 1.807) is 19.0 Å². The number of carboxylic acid groups (broad SMARTS) is 2. The summed E-state index contributed by atoms with van der Waals surface area (Å²) in [5.74, 6) is -1.82. The molecule has 0 spiro atoms. The summed E-state index contributed by atoms with van der Waals surface area (Å²) in [6, 6.07) is -0.473. The first kappa shape index (κ1) is 17.9. The Kier molecular flexibility index (Phi) is 9.21. The highest BCUT2D eigenvalue weighted by molar-refractivity contribution is 5.73. The lowest BCUT2D eigenvalue weighted by Crippen LogP contribution is -2.35. The lowest BCUT2D eigenvalue weighted by atomic mass is 9.95. The van der Waals surface area contributed by atoms with Gasteiger partial charge in [-0.05, 0) is 33.4 Å². The molecule has 0 radical (unpaired) electrons. The minimum Gasteiger partial charge on any atom is -0.481 e. The Balaban J connectivity index is 3.98. The molecule has 2 unspecified atom stereocenters. The van der Waals surface area contributed by atoms with Gasteiger partial charge >= 0.3 is 11.9 Å². The SMILES string of the molecule is CCCCC(CCCCC(C(=O)O)N(C)C)C(=O)O. The number of likely N-dealkylation sites (N-methyl/N-ethyl adjacent to an activating group) is 1. The molecule has 0 aromatic carbocycles. The average molecular weight is 273 g/mol. The summed E-state index contributed by atoms with van der Waals surface area (Å²) in [6.45, 7) is 2.05. The predicted octanol–water partition coefficient (Wildman–Crippen LogP) is 2.45. The van der Waals surface area contributed by atoms with Gasteiger partial charge in [-0.15, -0.1) is 0 Å². The molecule has 0 aromatic rings. The van der Waals surface area contributed by atoms with Crippen LogP contribution in [0.2, 0.25) is 0 Å². The first-order valence-electron chi connectivity index (χ1n) is 7.02. The Hall–Kier alpha value is -1.10. The number of unbranched alkanes of at least 4 members (excludes halogenated alkanes) is 2. The molecule has 0 saturated carbocycles. The molecule has 0 aliphatic carbocycles. The molecule has 0 aromatic heterocycles. The summed E-state index contributed by atoms with van der Waals surface area (Å²) >= 11 is 0. The summed E-state index contributed by atoms with van der Waals surface area (Å²) in [4.78, 5) is 23.7. The van der Waals surface area contributed by atoms with E-state index in [0.29, 0.717) is 12.8 Å². The largest absolute Gasteiger partial charge is 0.481 e. The van der Waals surface area contributed by atoms with Crippen molar-refractivity contribution in [3.63, 3.8) is 0 Å². The molecule has 2 N–H and O–H groups in total. The van der Waals surface area contributed by atoms with Crippen LogP contribution in [0.4, 0.5) is 0 Å². The lowest BCUT2D eigenvalue weighted by molar-refractivity contribution is -0.143. The first-order chi connectivity index (χ1) is 8.90. The van der Waals surface area contributed by atoms with E-state index in [4.69, 9.17) is 10.2 Å². The first-order valence-corrected chi connectivity index (χ1v) is 7.02. The fourth-order valence-electron chi connectivity index (χ4n) is 2.17. The van der Waals surface area contributed by atoms with Gasteiger partial charge in [-0.1, -0.05) is 32.6 Å². The normalized spacial score (nSPS) is 14.3. The van der Waals surface area contributed by atoms with Crippen LogP contribution in [0.15, 0.2) is 0 Å². The van der Waals surface area contributed by atoms with Gasteiger partial charge in [0, 0.05) is 0 Å². The van der Waals surface area contributed by atoms with Gasteiger partial charge in [0.25, 0.3) is 0 Å². The van der Waals surface area contributed by atoms with Crippen molar-refractivity contribution < 1.29 is 19.8 Å². The van der Waals surface area contributed by atoms with Crippen LogP contribution in [0.3, 0.4) is 0 Å². The summed E-state index contributed by atoms with van der Waals surface area (Å²) in [5, 5.41) is 18.1. The molecular weight excluding hydrogens is 246 g/mol. The second-order valence-electron chi connectivity index (χ2n) is 5.28. The van der Waals surface area contributed by atoms with E-state index < -0.39 is 18.0 Å². The van der Waals surface area contributed by atoms with Crippen LogP contribution < -0.4 is 0 Å². The van der Waals surface area contributed by atoms with E-state index in [-0.39, 0.29) is 5.92 Å². The van der Waals surface area contributed by atoms with Gasteiger partial charge in [0.05, 0.1) is 5.92 Å². The number of aliphatic carboxylic acids is 2. The van der Waals surface area contributed by atoms with Crippen molar-refractivity contribution in [2.45, 2.75) is 57.9 Å². The monoisotopic (exact) mass is 273 g/mol. The summed E-state index contributed by atoms with van der Waals surface area (Å²) in [5.41, 5.74) is 0. The van der Waals surface area contributed by atoms with Crippen molar-refractivity contribution in [1.29, 1.82) is 0 Å². The van der Waals surface area contributed by atoms with E-state index in [0.717, 1.165) is 32.1 Å². The minimum atomic E-state index is -0.814. The Morgan fingerprint density at radius 1 is 0.947 bits per heavy atom. The Morgan fingerprint density at radius 2 is 1.47 bits per heavy atom. The number of rotatable bonds is 11. The quantitative estimate of drug-likeness (QED) is 0.565. The maximum absolute atomic E-state index is 11.0. The Bertz CT molecular complexity index is 279. The number of carbonyl (C=O) groups is 2. The fraction of sp³-hybridized carbons (Fsp3) is 0.857. The molecule has 19 heavy (non-hydrogen) atoms. The summed E-state index contributed by atoms with van der Waals surface area (Å²) in [7, 11) is 3.50. The second kappa shape index (κ2) is 9.78. The van der Waals surface area contributed by atoms with Crippen molar-refractivity contribution >= 4 is 11.9 Å². The number of carboxylic acids is 2. The molecule has 5 nitrogen and oxygen atoms in total. The van der Waals surface area contributed by atoms with Gasteiger partial charge < -0.3 is 10.2 Å². The van der Waals surface area contributed by atoms with Crippen molar-refractivity contribution in [2.75, 3.05) is 14.1 Å². The zero-order valence-electron chi connectivity index (χ0n) is 12.3. The third-order valence-electron chi connectivity index (χ3n) is 3.44. The van der Waals surface area contributed by atoms with Crippen LogP contribution >= 0.6 is 0 Å². The minimum absolute atomic E-state index is 0.275. The van der Waals surface area contributed by atoms with Crippen molar-refractivity contribution in [3.8, 4) is 0 Å². The van der Waals surface area contributed by atoms with Crippen molar-refractivity contribution in [1.82, 2.24) is 4.90 Å². The van der Waals surface area contributed by atoms with Crippen LogP contribution in [0.1, 0.15) is 51.9 Å². The third-order valence-corrected chi connectivity index (χ3v) is 3.44. The predicted molar refractivity (Wildman–Crippen MR) is 74.2 cm³/mol. The molecule has 0 saturated heterocycles. The van der Waals surface area contributed by atoms with E-state index >= 15 is 0 Å². The van der Waals surface area contributed by atoms with Crippen molar-refractivity contribution in [2.24, 2.45) is 5.92 Å². The van der Waals surface area contributed by atoms with Gasteiger partial charge in [-0.25, -0.2) is 0 Å². The van der Waals surface area contributed by atoms with Crippen LogP contribution in [0.25, 0.3) is 0 Å². The molecule has 112 valence electrons. The maximum atomic E-state index is 11.0. The highest BCUT2D eigenvalue weighted by Crippen LogP contribution is 2.18. The number of hydrogen-bond acceptors (Lipinski definition) is 3. The molecule has 0 fully saturated rings. The van der Waals surface area contributed by atoms with Crippen LogP contribution in [-0.4, -0.2) is 47.2 Å². The van der Waals surface area contributed by atoms with Gasteiger partial charge in [0.1, 0.15) is 6.04 Å². The van der Waals surface area contributed by atoms with E-state index in [1.165, 1.54) is 0 Å². The van der Waals surface area contributed by atoms with Crippen LogP contribution in [0, 0.1) is 5.92 Å². The molecule has 0 aliphatic heterocycles. The zero-order chi connectivity index (χ0) is 14.8. The van der Waals surface area contributed by atoms with Crippen LogP contribution in [-0.2, 0) is 9.59 Å². The highest BCUT2D eigenvalue weighted by Gasteiger charge is 2.20. The molecule has 0 bridgehead atoms. The molecule has 2 atom stereocenters. The van der Waals surface area contributed by atoms with E-state index in [1.807, 2.05) is 6.92 Å². The van der Waals surface area contributed by atoms with E-state index in [2.05, 4.69) is 0 Å². The topological polar surface area (TPSA) is 77.8 Å².